The summed E-state index contributed by atoms with van der Waals surface area (Å²) in [5.41, 5.74) is 1.32. The van der Waals surface area contributed by atoms with E-state index in [2.05, 4.69) is 15.7 Å². The zero-order valence-electron chi connectivity index (χ0n) is 12.0. The predicted molar refractivity (Wildman–Crippen MR) is 78.7 cm³/mol. The van der Waals surface area contributed by atoms with Crippen molar-refractivity contribution in [2.45, 2.75) is 6.92 Å². The maximum atomic E-state index is 11.9. The van der Waals surface area contributed by atoms with Crippen LogP contribution >= 0.6 is 0 Å². The first-order valence-electron chi connectivity index (χ1n) is 6.56. The van der Waals surface area contributed by atoms with Gasteiger partial charge in [-0.2, -0.15) is 0 Å². The summed E-state index contributed by atoms with van der Waals surface area (Å²) in [5.74, 6) is -1.11. The molecule has 2 aromatic rings. The Kier molecular flexibility index (Phi) is 3.17. The van der Waals surface area contributed by atoms with E-state index < -0.39 is 11.8 Å². The highest BCUT2D eigenvalue weighted by Gasteiger charge is 2.25. The van der Waals surface area contributed by atoms with E-state index in [-0.39, 0.29) is 5.91 Å². The quantitative estimate of drug-likeness (QED) is 0.523. The first-order valence-corrected chi connectivity index (χ1v) is 6.56. The van der Waals surface area contributed by atoms with Crippen molar-refractivity contribution < 1.29 is 14.4 Å². The second kappa shape index (κ2) is 5.03. The van der Waals surface area contributed by atoms with Gasteiger partial charge in [-0.25, -0.2) is 5.01 Å². The Hall–Kier alpha value is -3.09. The average Bonchev–Trinajstić information content (AvgIpc) is 2.50. The summed E-state index contributed by atoms with van der Waals surface area (Å²) >= 11 is 0. The Bertz CT molecular complexity index is 837. The smallest absolute Gasteiger partial charge is 0.258 e. The van der Waals surface area contributed by atoms with Crippen LogP contribution in [0.3, 0.4) is 0 Å². The number of carbonyl (C=O) groups is 3. The number of imide groups is 1. The van der Waals surface area contributed by atoms with Gasteiger partial charge in [-0.1, -0.05) is 17.4 Å². The molecule has 110 valence electrons. The Morgan fingerprint density at radius 1 is 1.09 bits per heavy atom. The highest BCUT2D eigenvalue weighted by atomic mass is 16.2. The highest BCUT2D eigenvalue weighted by molar-refractivity contribution is 6.26. The summed E-state index contributed by atoms with van der Waals surface area (Å²) in [6.07, 6.45) is 0. The minimum absolute atomic E-state index is 0.249. The molecule has 1 N–H and O–H groups in total. The van der Waals surface area contributed by atoms with Gasteiger partial charge in [0.05, 0.1) is 5.69 Å². The molecule has 0 aromatic heterocycles. The van der Waals surface area contributed by atoms with Crippen LogP contribution in [0.25, 0.3) is 10.8 Å². The summed E-state index contributed by atoms with van der Waals surface area (Å²) in [5, 5.41) is 12.4. The van der Waals surface area contributed by atoms with E-state index in [0.29, 0.717) is 27.6 Å². The molecule has 0 atom stereocenters. The monoisotopic (exact) mass is 296 g/mol. The van der Waals surface area contributed by atoms with Crippen molar-refractivity contribution in [2.24, 2.45) is 10.3 Å². The Labute approximate surface area is 125 Å². The lowest BCUT2D eigenvalue weighted by atomic mass is 9.94. The molecule has 0 bridgehead atoms. The predicted octanol–water partition coefficient (Wildman–Crippen LogP) is 2.20. The average molecular weight is 296 g/mol. The van der Waals surface area contributed by atoms with Crippen LogP contribution < -0.4 is 5.32 Å². The van der Waals surface area contributed by atoms with Crippen LogP contribution in [-0.4, -0.2) is 29.8 Å². The van der Waals surface area contributed by atoms with Crippen LogP contribution in [0, 0.1) is 0 Å². The van der Waals surface area contributed by atoms with E-state index in [1.165, 1.54) is 14.0 Å². The van der Waals surface area contributed by atoms with Crippen molar-refractivity contribution in [1.82, 2.24) is 10.3 Å². The van der Waals surface area contributed by atoms with Crippen molar-refractivity contribution in [3.63, 3.8) is 0 Å². The number of nitrogens with zero attached hydrogens (tertiary/aromatic N) is 3. The zero-order chi connectivity index (χ0) is 15.9. The maximum absolute atomic E-state index is 11.9. The molecule has 0 spiro atoms. The number of benzene rings is 2. The normalized spacial score (nSPS) is 13.5. The summed E-state index contributed by atoms with van der Waals surface area (Å²) < 4.78 is 0. The molecule has 7 heteroatoms. The molecule has 2 aromatic carbocycles. The first kappa shape index (κ1) is 13.9. The van der Waals surface area contributed by atoms with Crippen molar-refractivity contribution in [3.8, 4) is 0 Å². The maximum Gasteiger partial charge on any atom is 0.258 e. The van der Waals surface area contributed by atoms with Crippen molar-refractivity contribution in [2.75, 3.05) is 7.05 Å². The van der Waals surface area contributed by atoms with Gasteiger partial charge >= 0.3 is 0 Å². The van der Waals surface area contributed by atoms with Crippen LogP contribution in [0.4, 0.5) is 5.69 Å². The number of hydrogen-bond donors (Lipinski definition) is 1. The second-order valence-corrected chi connectivity index (χ2v) is 4.88. The molecule has 0 saturated heterocycles. The van der Waals surface area contributed by atoms with E-state index in [4.69, 9.17) is 0 Å². The lowest BCUT2D eigenvalue weighted by molar-refractivity contribution is -0.127. The molecule has 3 amide bonds. The number of carbonyl (C=O) groups excluding carboxylic acids is 3. The molecule has 3 rings (SSSR count). The van der Waals surface area contributed by atoms with Crippen molar-refractivity contribution in [3.05, 3.63) is 41.5 Å². The van der Waals surface area contributed by atoms with Gasteiger partial charge in [-0.15, -0.1) is 5.11 Å². The number of hydrogen-bond acceptors (Lipinski definition) is 5. The third kappa shape index (κ3) is 2.12. The third-order valence-corrected chi connectivity index (χ3v) is 3.48. The highest BCUT2D eigenvalue weighted by Crippen LogP contribution is 2.33. The largest absolute Gasteiger partial charge is 0.288 e. The Balaban J connectivity index is 2.20. The summed E-state index contributed by atoms with van der Waals surface area (Å²) in [6, 6.07) is 8.35. The van der Waals surface area contributed by atoms with Crippen LogP contribution in [0.2, 0.25) is 0 Å². The van der Waals surface area contributed by atoms with E-state index >= 15 is 0 Å². The molecule has 7 nitrogen and oxygen atoms in total. The minimum atomic E-state index is -0.432. The van der Waals surface area contributed by atoms with Crippen LogP contribution in [0.1, 0.15) is 27.6 Å². The van der Waals surface area contributed by atoms with Gasteiger partial charge in [-0.05, 0) is 18.2 Å². The molecule has 0 saturated carbocycles. The van der Waals surface area contributed by atoms with Gasteiger partial charge < -0.3 is 0 Å². The van der Waals surface area contributed by atoms with Gasteiger partial charge in [0.15, 0.2) is 0 Å². The van der Waals surface area contributed by atoms with E-state index in [9.17, 15) is 14.4 Å². The Morgan fingerprint density at radius 2 is 1.77 bits per heavy atom. The van der Waals surface area contributed by atoms with Gasteiger partial charge in [-0.3, -0.25) is 19.7 Å². The van der Waals surface area contributed by atoms with E-state index in [1.54, 1.807) is 30.3 Å². The van der Waals surface area contributed by atoms with E-state index in [0.717, 1.165) is 5.01 Å². The molecule has 1 aliphatic rings. The molecule has 1 heterocycles. The van der Waals surface area contributed by atoms with Gasteiger partial charge in [0, 0.05) is 35.9 Å². The van der Waals surface area contributed by atoms with Gasteiger partial charge in [0.1, 0.15) is 0 Å². The number of nitrogens with one attached hydrogen (secondary N) is 1. The Morgan fingerprint density at radius 3 is 2.45 bits per heavy atom. The summed E-state index contributed by atoms with van der Waals surface area (Å²) in [6.45, 7) is 1.37. The standard InChI is InChI=1S/C15H12N4O3/c1-8(20)19(2)18-17-12-7-6-11-13-9(12)4-3-5-10(13)14(21)16-15(11)22/h3-7H,1-2H3,(H,16,21,22). The van der Waals surface area contributed by atoms with Gasteiger partial charge in [0.2, 0.25) is 5.91 Å². The summed E-state index contributed by atoms with van der Waals surface area (Å²) in [7, 11) is 1.49. The fourth-order valence-electron chi connectivity index (χ4n) is 2.27. The fraction of sp³-hybridized carbons (Fsp3) is 0.133. The van der Waals surface area contributed by atoms with Gasteiger partial charge in [0.25, 0.3) is 11.8 Å². The molecule has 0 radical (unpaired) electrons. The van der Waals surface area contributed by atoms with Crippen LogP contribution in [-0.2, 0) is 4.79 Å². The molecule has 22 heavy (non-hydrogen) atoms. The second-order valence-electron chi connectivity index (χ2n) is 4.88. The van der Waals surface area contributed by atoms with Crippen molar-refractivity contribution >= 4 is 34.2 Å². The molecule has 0 unspecified atom stereocenters. The van der Waals surface area contributed by atoms with Crippen LogP contribution in [0.5, 0.6) is 0 Å². The fourth-order valence-corrected chi connectivity index (χ4v) is 2.27. The molecule has 0 aliphatic carbocycles. The lowest BCUT2D eigenvalue weighted by Gasteiger charge is -2.17. The van der Waals surface area contributed by atoms with E-state index in [1.807, 2.05) is 0 Å². The molecular weight excluding hydrogens is 284 g/mol. The topological polar surface area (TPSA) is 91.2 Å². The first-order chi connectivity index (χ1) is 10.5. The molecule has 0 fully saturated rings. The van der Waals surface area contributed by atoms with Crippen LogP contribution in [0.15, 0.2) is 40.7 Å². The SMILES string of the molecule is CC(=O)N(C)N=Nc1ccc2c3c(cccc13)C(=O)NC2=O. The molecular formula is C15H12N4O3. The number of amides is 3. The minimum Gasteiger partial charge on any atom is -0.288 e. The lowest BCUT2D eigenvalue weighted by Crippen LogP contribution is -2.34. The third-order valence-electron chi connectivity index (χ3n) is 3.48. The molecule has 1 aliphatic heterocycles. The van der Waals surface area contributed by atoms with Crippen molar-refractivity contribution in [1.29, 1.82) is 0 Å². The summed E-state index contributed by atoms with van der Waals surface area (Å²) in [4.78, 5) is 35.0. The number of rotatable bonds is 2. The zero-order valence-corrected chi connectivity index (χ0v) is 12.0.